The van der Waals surface area contributed by atoms with Crippen LogP contribution in [0, 0.1) is 6.92 Å². The summed E-state index contributed by atoms with van der Waals surface area (Å²) < 4.78 is 5.11. The number of fused-ring (bicyclic) bond motifs is 1. The van der Waals surface area contributed by atoms with Crippen molar-refractivity contribution >= 4 is 22.3 Å². The summed E-state index contributed by atoms with van der Waals surface area (Å²) >= 11 is 0. The second-order valence-corrected chi connectivity index (χ2v) is 4.85. The number of methoxy groups -OCH3 is 1. The van der Waals surface area contributed by atoms with Crippen LogP contribution in [0.4, 0.5) is 11.4 Å². The fraction of sp³-hybridized carbons (Fsp3) is 0.118. The van der Waals surface area contributed by atoms with Crippen LogP contribution in [0.25, 0.3) is 10.9 Å². The molecule has 0 aliphatic rings. The molecule has 1 aromatic heterocycles. The molecule has 0 atom stereocenters. The average molecular weight is 293 g/mol. The third-order valence-corrected chi connectivity index (χ3v) is 3.30. The Bertz CT molecular complexity index is 842. The van der Waals surface area contributed by atoms with Gasteiger partial charge in [0.25, 0.3) is 0 Å². The topological polar surface area (TPSA) is 67.1 Å². The van der Waals surface area contributed by atoms with E-state index in [2.05, 4.69) is 15.2 Å². The fourth-order valence-electron chi connectivity index (χ4n) is 2.13. The van der Waals surface area contributed by atoms with Gasteiger partial charge < -0.3 is 9.84 Å². The third kappa shape index (κ3) is 2.74. The van der Waals surface area contributed by atoms with Crippen LogP contribution in [0.15, 0.2) is 58.8 Å². The number of benzene rings is 2. The van der Waals surface area contributed by atoms with E-state index in [1.165, 1.54) is 0 Å². The van der Waals surface area contributed by atoms with E-state index in [-0.39, 0.29) is 5.75 Å². The Morgan fingerprint density at radius 3 is 2.45 bits per heavy atom. The number of azo groups is 1. The average Bonchev–Trinajstić information content (AvgIpc) is 2.55. The summed E-state index contributed by atoms with van der Waals surface area (Å²) in [6.07, 6.45) is 0. The second kappa shape index (κ2) is 5.81. The van der Waals surface area contributed by atoms with Crippen LogP contribution in [-0.4, -0.2) is 17.2 Å². The van der Waals surface area contributed by atoms with Crippen LogP contribution in [0.3, 0.4) is 0 Å². The molecule has 1 heterocycles. The second-order valence-electron chi connectivity index (χ2n) is 4.85. The maximum Gasteiger partial charge on any atom is 0.141 e. The smallest absolute Gasteiger partial charge is 0.141 e. The van der Waals surface area contributed by atoms with E-state index in [4.69, 9.17) is 4.74 Å². The van der Waals surface area contributed by atoms with Crippen LogP contribution >= 0.6 is 0 Å². The van der Waals surface area contributed by atoms with Gasteiger partial charge in [0.1, 0.15) is 17.0 Å². The van der Waals surface area contributed by atoms with Gasteiger partial charge in [-0.3, -0.25) is 0 Å². The van der Waals surface area contributed by atoms with Crippen molar-refractivity contribution in [1.82, 2.24) is 4.98 Å². The molecule has 5 nitrogen and oxygen atoms in total. The van der Waals surface area contributed by atoms with E-state index >= 15 is 0 Å². The van der Waals surface area contributed by atoms with Crippen molar-refractivity contribution in [2.75, 3.05) is 7.11 Å². The van der Waals surface area contributed by atoms with Crippen molar-refractivity contribution in [1.29, 1.82) is 0 Å². The fourth-order valence-corrected chi connectivity index (χ4v) is 2.13. The number of hydrogen-bond donors (Lipinski definition) is 1. The molecular formula is C17H15N3O2. The number of nitrogens with zero attached hydrogens (tertiary/aromatic N) is 3. The Morgan fingerprint density at radius 1 is 0.955 bits per heavy atom. The number of pyridine rings is 1. The first kappa shape index (κ1) is 14.0. The molecule has 3 rings (SSSR count). The Hall–Kier alpha value is -2.95. The Kier molecular flexibility index (Phi) is 3.70. The molecule has 0 saturated carbocycles. The van der Waals surface area contributed by atoms with Gasteiger partial charge in [-0.25, -0.2) is 4.98 Å². The summed E-state index contributed by atoms with van der Waals surface area (Å²) in [5.74, 6) is 0.913. The van der Waals surface area contributed by atoms with Crippen LogP contribution < -0.4 is 4.74 Å². The zero-order valence-electron chi connectivity index (χ0n) is 12.3. The van der Waals surface area contributed by atoms with Crippen molar-refractivity contribution in [2.24, 2.45) is 10.2 Å². The Labute approximate surface area is 127 Å². The molecule has 0 bridgehead atoms. The zero-order valence-corrected chi connectivity index (χ0v) is 12.3. The van der Waals surface area contributed by atoms with Gasteiger partial charge >= 0.3 is 0 Å². The van der Waals surface area contributed by atoms with Crippen molar-refractivity contribution in [3.8, 4) is 11.5 Å². The van der Waals surface area contributed by atoms with Crippen LogP contribution in [-0.2, 0) is 0 Å². The molecule has 0 spiro atoms. The van der Waals surface area contributed by atoms with Gasteiger partial charge in [0, 0.05) is 11.1 Å². The van der Waals surface area contributed by atoms with Gasteiger partial charge in [0.15, 0.2) is 0 Å². The first-order valence-electron chi connectivity index (χ1n) is 6.82. The number of aromatic hydroxyl groups is 1. The van der Waals surface area contributed by atoms with Gasteiger partial charge in [-0.05, 0) is 55.5 Å². The summed E-state index contributed by atoms with van der Waals surface area (Å²) in [5.41, 5.74) is 2.76. The minimum absolute atomic E-state index is 0.141. The van der Waals surface area contributed by atoms with Gasteiger partial charge in [-0.2, -0.15) is 5.11 Å². The summed E-state index contributed by atoms with van der Waals surface area (Å²) in [6, 6.07) is 14.4. The predicted molar refractivity (Wildman–Crippen MR) is 85.3 cm³/mol. The van der Waals surface area contributed by atoms with Gasteiger partial charge in [0.05, 0.1) is 18.5 Å². The first-order chi connectivity index (χ1) is 10.7. The number of rotatable bonds is 3. The minimum atomic E-state index is 0.141. The molecule has 0 unspecified atom stereocenters. The largest absolute Gasteiger partial charge is 0.506 e. The standard InChI is InChI=1S/C17H15N3O2/c1-11-3-8-14-15(9-10-16(21)17(14)18-11)20-19-12-4-6-13(22-2)7-5-12/h3-10,21H,1-2H3. The normalized spacial score (nSPS) is 11.2. The molecule has 0 aliphatic heterocycles. The summed E-state index contributed by atoms with van der Waals surface area (Å²) in [6.45, 7) is 1.88. The van der Waals surface area contributed by atoms with Crippen molar-refractivity contribution in [3.05, 3.63) is 54.2 Å². The van der Waals surface area contributed by atoms with Crippen molar-refractivity contribution < 1.29 is 9.84 Å². The Balaban J connectivity index is 1.99. The highest BCUT2D eigenvalue weighted by atomic mass is 16.5. The molecule has 0 amide bonds. The van der Waals surface area contributed by atoms with E-state index in [1.54, 1.807) is 19.2 Å². The Morgan fingerprint density at radius 2 is 1.73 bits per heavy atom. The first-order valence-corrected chi connectivity index (χ1v) is 6.82. The lowest BCUT2D eigenvalue weighted by Crippen LogP contribution is -1.84. The highest BCUT2D eigenvalue weighted by Gasteiger charge is 2.06. The van der Waals surface area contributed by atoms with E-state index in [9.17, 15) is 5.11 Å². The molecule has 2 aromatic carbocycles. The maximum atomic E-state index is 9.91. The number of hydrogen-bond acceptors (Lipinski definition) is 5. The van der Waals surface area contributed by atoms with Gasteiger partial charge in [0.2, 0.25) is 0 Å². The molecule has 110 valence electrons. The van der Waals surface area contributed by atoms with Gasteiger partial charge in [-0.15, -0.1) is 5.11 Å². The van der Waals surface area contributed by atoms with Crippen LogP contribution in [0.5, 0.6) is 11.5 Å². The molecular weight excluding hydrogens is 278 g/mol. The quantitative estimate of drug-likeness (QED) is 0.713. The molecule has 0 aliphatic carbocycles. The van der Waals surface area contributed by atoms with Crippen molar-refractivity contribution in [3.63, 3.8) is 0 Å². The predicted octanol–water partition coefficient (Wildman–Crippen LogP) is 4.67. The molecule has 5 heteroatoms. The highest BCUT2D eigenvalue weighted by Crippen LogP contribution is 2.32. The number of phenols is 1. The zero-order chi connectivity index (χ0) is 15.5. The number of ether oxygens (including phenoxy) is 1. The maximum absolute atomic E-state index is 9.91. The van der Waals surface area contributed by atoms with E-state index < -0.39 is 0 Å². The lowest BCUT2D eigenvalue weighted by atomic mass is 10.1. The molecule has 22 heavy (non-hydrogen) atoms. The third-order valence-electron chi connectivity index (χ3n) is 3.30. The number of aryl methyl sites for hydroxylation is 1. The number of phenolic OH excluding ortho intramolecular Hbond substituents is 1. The van der Waals surface area contributed by atoms with Crippen LogP contribution in [0.2, 0.25) is 0 Å². The number of aromatic nitrogens is 1. The lowest BCUT2D eigenvalue weighted by molar-refractivity contribution is 0.415. The molecule has 0 saturated heterocycles. The SMILES string of the molecule is COc1ccc(N=Nc2ccc(O)c3nc(C)ccc23)cc1. The molecule has 0 fully saturated rings. The lowest BCUT2D eigenvalue weighted by Gasteiger charge is -2.04. The van der Waals surface area contributed by atoms with Gasteiger partial charge in [-0.1, -0.05) is 0 Å². The summed E-state index contributed by atoms with van der Waals surface area (Å²) in [5, 5.41) is 19.2. The van der Waals surface area contributed by atoms with E-state index in [0.717, 1.165) is 22.5 Å². The monoisotopic (exact) mass is 293 g/mol. The van der Waals surface area contributed by atoms with Crippen LogP contribution in [0.1, 0.15) is 5.69 Å². The minimum Gasteiger partial charge on any atom is -0.506 e. The summed E-state index contributed by atoms with van der Waals surface area (Å²) in [4.78, 5) is 4.35. The highest BCUT2D eigenvalue weighted by molar-refractivity contribution is 5.93. The summed E-state index contributed by atoms with van der Waals surface area (Å²) in [7, 11) is 1.62. The van der Waals surface area contributed by atoms with Crippen molar-refractivity contribution in [2.45, 2.75) is 6.92 Å². The van der Waals surface area contributed by atoms with E-state index in [1.807, 2.05) is 43.3 Å². The molecule has 0 radical (unpaired) electrons. The van der Waals surface area contributed by atoms with E-state index in [0.29, 0.717) is 11.2 Å². The molecule has 1 N–H and O–H groups in total. The molecule has 3 aromatic rings.